The highest BCUT2D eigenvalue weighted by Gasteiger charge is 2.22. The van der Waals surface area contributed by atoms with Crippen molar-refractivity contribution in [3.8, 4) is 17.6 Å². The minimum absolute atomic E-state index is 0.0688. The lowest BCUT2D eigenvalue weighted by Crippen LogP contribution is -2.12. The standard InChI is InChI=1S/C19H17ClN2O5/c1-27-19(26)17-13(18(20)15(24)9-14(17)23)3-2-4-16(25)22-12-7-5-11(10-21)6-8-12/h5-9,23-24H,2-4H2,1H3,(H,22,25). The third-order valence-electron chi connectivity index (χ3n) is 3.84. The number of phenols is 2. The van der Waals surface area contributed by atoms with Crippen LogP contribution in [0.15, 0.2) is 30.3 Å². The molecule has 0 heterocycles. The number of phenolic OH excluding ortho intramolecular Hbond substituents is 2. The van der Waals surface area contributed by atoms with Crippen LogP contribution in [0.2, 0.25) is 5.02 Å². The summed E-state index contributed by atoms with van der Waals surface area (Å²) in [4.78, 5) is 23.9. The van der Waals surface area contributed by atoms with Gasteiger partial charge < -0.3 is 20.3 Å². The van der Waals surface area contributed by atoms with Gasteiger partial charge in [0.05, 0.1) is 23.8 Å². The zero-order valence-electron chi connectivity index (χ0n) is 14.5. The molecule has 0 fully saturated rings. The Labute approximate surface area is 160 Å². The van der Waals surface area contributed by atoms with Gasteiger partial charge in [0.2, 0.25) is 5.91 Å². The number of halogens is 1. The largest absolute Gasteiger partial charge is 0.507 e. The molecule has 0 aliphatic rings. The Morgan fingerprint density at radius 2 is 1.89 bits per heavy atom. The molecular weight excluding hydrogens is 372 g/mol. The first-order chi connectivity index (χ1) is 12.9. The van der Waals surface area contributed by atoms with Crippen LogP contribution in [0.1, 0.15) is 34.3 Å². The van der Waals surface area contributed by atoms with Crippen molar-refractivity contribution in [2.75, 3.05) is 12.4 Å². The molecule has 0 aromatic heterocycles. The highest BCUT2D eigenvalue weighted by molar-refractivity contribution is 6.33. The summed E-state index contributed by atoms with van der Waals surface area (Å²) < 4.78 is 4.64. The van der Waals surface area contributed by atoms with Gasteiger partial charge in [-0.25, -0.2) is 4.79 Å². The first kappa shape index (κ1) is 20.1. The van der Waals surface area contributed by atoms with Crippen LogP contribution >= 0.6 is 11.6 Å². The Hall–Kier alpha value is -3.24. The molecule has 0 radical (unpaired) electrons. The van der Waals surface area contributed by atoms with E-state index in [2.05, 4.69) is 10.1 Å². The van der Waals surface area contributed by atoms with Gasteiger partial charge in [0.1, 0.15) is 17.1 Å². The van der Waals surface area contributed by atoms with E-state index >= 15 is 0 Å². The Kier molecular flexibility index (Phi) is 6.63. The van der Waals surface area contributed by atoms with Crippen molar-refractivity contribution in [1.82, 2.24) is 0 Å². The van der Waals surface area contributed by atoms with Crippen molar-refractivity contribution in [3.63, 3.8) is 0 Å². The van der Waals surface area contributed by atoms with Crippen molar-refractivity contribution < 1.29 is 24.5 Å². The summed E-state index contributed by atoms with van der Waals surface area (Å²) in [6, 6.07) is 9.38. The van der Waals surface area contributed by atoms with Gasteiger partial charge in [0, 0.05) is 18.2 Å². The van der Waals surface area contributed by atoms with Crippen molar-refractivity contribution in [2.24, 2.45) is 0 Å². The summed E-state index contributed by atoms with van der Waals surface area (Å²) in [6.45, 7) is 0. The predicted molar refractivity (Wildman–Crippen MR) is 98.8 cm³/mol. The first-order valence-corrected chi connectivity index (χ1v) is 8.36. The van der Waals surface area contributed by atoms with Gasteiger partial charge in [-0.2, -0.15) is 5.26 Å². The molecule has 0 bridgehead atoms. The number of rotatable bonds is 6. The van der Waals surface area contributed by atoms with E-state index in [1.54, 1.807) is 24.3 Å². The molecule has 0 aliphatic heterocycles. The van der Waals surface area contributed by atoms with E-state index in [0.29, 0.717) is 17.7 Å². The number of nitriles is 1. The molecule has 1 amide bonds. The number of amides is 1. The molecule has 27 heavy (non-hydrogen) atoms. The van der Waals surface area contributed by atoms with Crippen LogP contribution in [0.5, 0.6) is 11.5 Å². The number of nitrogens with zero attached hydrogens (tertiary/aromatic N) is 1. The van der Waals surface area contributed by atoms with Crippen molar-refractivity contribution >= 4 is 29.2 Å². The fourth-order valence-corrected chi connectivity index (χ4v) is 2.77. The Balaban J connectivity index is 2.04. The van der Waals surface area contributed by atoms with E-state index < -0.39 is 11.7 Å². The van der Waals surface area contributed by atoms with Crippen LogP contribution in [-0.2, 0) is 16.0 Å². The third-order valence-corrected chi connectivity index (χ3v) is 4.26. The monoisotopic (exact) mass is 388 g/mol. The molecule has 8 heteroatoms. The molecule has 3 N–H and O–H groups in total. The van der Waals surface area contributed by atoms with Gasteiger partial charge >= 0.3 is 5.97 Å². The fourth-order valence-electron chi connectivity index (χ4n) is 2.53. The molecule has 0 spiro atoms. The molecule has 2 rings (SSSR count). The molecule has 0 aliphatic carbocycles. The van der Waals surface area contributed by atoms with E-state index in [-0.39, 0.29) is 40.6 Å². The summed E-state index contributed by atoms with van der Waals surface area (Å²) in [5, 5.41) is 31.1. The Morgan fingerprint density at radius 3 is 2.48 bits per heavy atom. The molecule has 2 aromatic carbocycles. The van der Waals surface area contributed by atoms with Gasteiger partial charge in [-0.05, 0) is 42.7 Å². The number of esters is 1. The smallest absolute Gasteiger partial charge is 0.341 e. The molecule has 0 atom stereocenters. The predicted octanol–water partition coefficient (Wildman–Crippen LogP) is 3.37. The SMILES string of the molecule is COC(=O)c1c(O)cc(O)c(Cl)c1CCCC(=O)Nc1ccc(C#N)cc1. The molecule has 0 saturated heterocycles. The molecule has 140 valence electrons. The van der Waals surface area contributed by atoms with E-state index in [0.717, 1.165) is 13.2 Å². The normalized spacial score (nSPS) is 10.1. The molecule has 2 aromatic rings. The maximum Gasteiger partial charge on any atom is 0.341 e. The number of methoxy groups -OCH3 is 1. The fraction of sp³-hybridized carbons (Fsp3) is 0.211. The number of anilines is 1. The molecule has 7 nitrogen and oxygen atoms in total. The van der Waals surface area contributed by atoms with Crippen molar-refractivity contribution in [2.45, 2.75) is 19.3 Å². The van der Waals surface area contributed by atoms with Crippen LogP contribution in [0.3, 0.4) is 0 Å². The van der Waals surface area contributed by atoms with Crippen molar-refractivity contribution in [1.29, 1.82) is 5.26 Å². The number of hydrogen-bond acceptors (Lipinski definition) is 6. The summed E-state index contributed by atoms with van der Waals surface area (Å²) in [7, 11) is 1.16. The van der Waals surface area contributed by atoms with Gasteiger partial charge in [-0.1, -0.05) is 11.6 Å². The van der Waals surface area contributed by atoms with Gasteiger partial charge in [0.25, 0.3) is 0 Å². The minimum Gasteiger partial charge on any atom is -0.507 e. The summed E-state index contributed by atoms with van der Waals surface area (Å²) in [5.74, 6) is -1.86. The second-order valence-corrected chi connectivity index (χ2v) is 6.04. The lowest BCUT2D eigenvalue weighted by Gasteiger charge is -2.13. The van der Waals surface area contributed by atoms with E-state index in [1.165, 1.54) is 0 Å². The highest BCUT2D eigenvalue weighted by Crippen LogP contribution is 2.37. The maximum absolute atomic E-state index is 12.1. The van der Waals surface area contributed by atoms with E-state index in [1.807, 2.05) is 6.07 Å². The Bertz CT molecular complexity index is 904. The Morgan fingerprint density at radius 1 is 1.22 bits per heavy atom. The van der Waals surface area contributed by atoms with Crippen LogP contribution in [0.25, 0.3) is 0 Å². The lowest BCUT2D eigenvalue weighted by molar-refractivity contribution is -0.116. The van der Waals surface area contributed by atoms with Gasteiger partial charge in [0.15, 0.2) is 0 Å². The van der Waals surface area contributed by atoms with Crippen LogP contribution in [0.4, 0.5) is 5.69 Å². The van der Waals surface area contributed by atoms with Gasteiger partial charge in [-0.3, -0.25) is 4.79 Å². The summed E-state index contributed by atoms with van der Waals surface area (Å²) in [5.41, 5.74) is 1.13. The van der Waals surface area contributed by atoms with Crippen LogP contribution in [0, 0.1) is 11.3 Å². The quantitative estimate of drug-likeness (QED) is 0.652. The van der Waals surface area contributed by atoms with Crippen molar-refractivity contribution in [3.05, 3.63) is 52.0 Å². The van der Waals surface area contributed by atoms with Gasteiger partial charge in [-0.15, -0.1) is 0 Å². The number of hydrogen-bond donors (Lipinski definition) is 3. The summed E-state index contributed by atoms with van der Waals surface area (Å²) in [6.07, 6.45) is 0.605. The topological polar surface area (TPSA) is 120 Å². The second-order valence-electron chi connectivity index (χ2n) is 5.66. The first-order valence-electron chi connectivity index (χ1n) is 7.99. The lowest BCUT2D eigenvalue weighted by atomic mass is 10.00. The highest BCUT2D eigenvalue weighted by atomic mass is 35.5. The number of nitrogens with one attached hydrogen (secondary N) is 1. The van der Waals surface area contributed by atoms with E-state index in [4.69, 9.17) is 16.9 Å². The van der Waals surface area contributed by atoms with E-state index in [9.17, 15) is 19.8 Å². The molecule has 0 unspecified atom stereocenters. The van der Waals surface area contributed by atoms with Crippen LogP contribution in [-0.4, -0.2) is 29.2 Å². The number of carbonyl (C=O) groups excluding carboxylic acids is 2. The molecular formula is C19H17ClN2O5. The minimum atomic E-state index is -0.786. The zero-order valence-corrected chi connectivity index (χ0v) is 15.2. The number of aromatic hydroxyl groups is 2. The average Bonchev–Trinajstić information content (AvgIpc) is 2.65. The average molecular weight is 389 g/mol. The zero-order chi connectivity index (χ0) is 20.0. The van der Waals surface area contributed by atoms with Crippen LogP contribution < -0.4 is 5.32 Å². The summed E-state index contributed by atoms with van der Waals surface area (Å²) >= 11 is 6.05. The molecule has 0 saturated carbocycles. The second kappa shape index (κ2) is 8.92. The maximum atomic E-state index is 12.1. The number of ether oxygens (including phenoxy) is 1. The number of benzene rings is 2. The third kappa shape index (κ3) is 4.90. The number of carbonyl (C=O) groups is 2.